The largest absolute Gasteiger partial charge is 0.356 e. The van der Waals surface area contributed by atoms with Crippen LogP contribution in [0.5, 0.6) is 0 Å². The van der Waals surface area contributed by atoms with E-state index in [1.165, 1.54) is 16.3 Å². The van der Waals surface area contributed by atoms with Gasteiger partial charge >= 0.3 is 0 Å². The number of nitrogens with zero attached hydrogens (tertiary/aromatic N) is 2. The SMILES string of the molecule is O=C(CCn1c(SCC(=O)NCc2ccccc2)nc2ccccc2c1=O)NCCc1ccccc1. The first-order valence-corrected chi connectivity index (χ1v) is 12.8. The van der Waals surface area contributed by atoms with Gasteiger partial charge in [-0.15, -0.1) is 0 Å². The second-order valence-electron chi connectivity index (χ2n) is 8.25. The lowest BCUT2D eigenvalue weighted by atomic mass is 10.1. The molecule has 4 aromatic rings. The molecule has 0 aliphatic rings. The molecule has 0 spiro atoms. The number of para-hydroxylation sites is 1. The number of carbonyl (C=O) groups excluding carboxylic acids is 2. The van der Waals surface area contributed by atoms with Gasteiger partial charge in [-0.25, -0.2) is 4.98 Å². The lowest BCUT2D eigenvalue weighted by Crippen LogP contribution is -2.30. The molecule has 0 radical (unpaired) electrons. The van der Waals surface area contributed by atoms with Crippen LogP contribution >= 0.6 is 11.8 Å². The Hall–Kier alpha value is -3.91. The summed E-state index contributed by atoms with van der Waals surface area (Å²) in [6.07, 6.45) is 0.881. The van der Waals surface area contributed by atoms with E-state index in [4.69, 9.17) is 0 Å². The Balaban J connectivity index is 1.38. The zero-order valence-electron chi connectivity index (χ0n) is 19.9. The summed E-state index contributed by atoms with van der Waals surface area (Å²) < 4.78 is 1.49. The van der Waals surface area contributed by atoms with Crippen LogP contribution in [-0.4, -0.2) is 33.7 Å². The van der Waals surface area contributed by atoms with Crippen molar-refractivity contribution >= 4 is 34.5 Å². The normalized spacial score (nSPS) is 10.8. The molecule has 36 heavy (non-hydrogen) atoms. The number of aromatic nitrogens is 2. The molecule has 0 saturated carbocycles. The number of rotatable bonds is 11. The molecule has 0 aliphatic carbocycles. The van der Waals surface area contributed by atoms with E-state index in [-0.39, 0.29) is 36.1 Å². The van der Waals surface area contributed by atoms with Gasteiger partial charge in [-0.05, 0) is 29.7 Å². The highest BCUT2D eigenvalue weighted by Gasteiger charge is 2.14. The molecule has 7 nitrogen and oxygen atoms in total. The number of fused-ring (bicyclic) bond motifs is 1. The summed E-state index contributed by atoms with van der Waals surface area (Å²) in [5.74, 6) is -0.181. The number of hydrogen-bond donors (Lipinski definition) is 2. The maximum absolute atomic E-state index is 13.2. The molecule has 184 valence electrons. The molecule has 3 aromatic carbocycles. The number of nitrogens with one attached hydrogen (secondary N) is 2. The van der Waals surface area contributed by atoms with Crippen LogP contribution in [0.25, 0.3) is 10.9 Å². The van der Waals surface area contributed by atoms with E-state index in [1.807, 2.05) is 66.7 Å². The van der Waals surface area contributed by atoms with E-state index < -0.39 is 0 Å². The Bertz CT molecular complexity index is 1370. The fraction of sp³-hybridized carbons (Fsp3) is 0.214. The van der Waals surface area contributed by atoms with Crippen LogP contribution in [0.15, 0.2) is 94.9 Å². The number of hydrogen-bond acceptors (Lipinski definition) is 5. The summed E-state index contributed by atoms with van der Waals surface area (Å²) in [6, 6.07) is 26.7. The van der Waals surface area contributed by atoms with Crippen molar-refractivity contribution in [2.75, 3.05) is 12.3 Å². The highest BCUT2D eigenvalue weighted by Crippen LogP contribution is 2.18. The summed E-state index contributed by atoms with van der Waals surface area (Å²) in [7, 11) is 0. The lowest BCUT2D eigenvalue weighted by Gasteiger charge is -2.13. The zero-order valence-corrected chi connectivity index (χ0v) is 20.7. The van der Waals surface area contributed by atoms with Crippen LogP contribution in [0.4, 0.5) is 0 Å². The maximum atomic E-state index is 13.2. The summed E-state index contributed by atoms with van der Waals surface area (Å²) in [6.45, 7) is 1.14. The van der Waals surface area contributed by atoms with E-state index in [9.17, 15) is 14.4 Å². The van der Waals surface area contributed by atoms with Crippen molar-refractivity contribution in [3.05, 3.63) is 106 Å². The summed E-state index contributed by atoms with van der Waals surface area (Å²) in [5, 5.41) is 6.71. The Kier molecular flexibility index (Phi) is 8.88. The molecule has 8 heteroatoms. The van der Waals surface area contributed by atoms with Gasteiger partial charge in [0, 0.05) is 26.1 Å². The Labute approximate surface area is 214 Å². The average Bonchev–Trinajstić information content (AvgIpc) is 2.91. The minimum atomic E-state index is -0.218. The molecule has 0 atom stereocenters. The van der Waals surface area contributed by atoms with Gasteiger partial charge in [0.1, 0.15) is 0 Å². The van der Waals surface area contributed by atoms with Crippen LogP contribution in [-0.2, 0) is 29.1 Å². The predicted octanol–water partition coefficient (Wildman–Crippen LogP) is 3.55. The van der Waals surface area contributed by atoms with Gasteiger partial charge < -0.3 is 10.6 Å². The number of benzene rings is 3. The maximum Gasteiger partial charge on any atom is 0.262 e. The molecule has 0 bridgehead atoms. The molecule has 0 saturated heterocycles. The van der Waals surface area contributed by atoms with Gasteiger partial charge in [0.05, 0.1) is 16.7 Å². The minimum absolute atomic E-state index is 0.112. The molecule has 2 N–H and O–H groups in total. The van der Waals surface area contributed by atoms with Crippen molar-refractivity contribution in [2.24, 2.45) is 0 Å². The second-order valence-corrected chi connectivity index (χ2v) is 9.20. The lowest BCUT2D eigenvalue weighted by molar-refractivity contribution is -0.121. The summed E-state index contributed by atoms with van der Waals surface area (Å²) in [4.78, 5) is 42.7. The van der Waals surface area contributed by atoms with Crippen molar-refractivity contribution < 1.29 is 9.59 Å². The third kappa shape index (κ3) is 7.05. The van der Waals surface area contributed by atoms with E-state index >= 15 is 0 Å². The van der Waals surface area contributed by atoms with Crippen LogP contribution in [0.1, 0.15) is 17.5 Å². The van der Waals surface area contributed by atoms with Crippen molar-refractivity contribution in [1.82, 2.24) is 20.2 Å². The standard InChI is InChI=1S/C28H28N4O3S/c33-25(29-17-15-21-9-3-1-4-10-21)16-18-32-27(35)23-13-7-8-14-24(23)31-28(32)36-20-26(34)30-19-22-11-5-2-6-12-22/h1-14H,15-20H2,(H,29,33)(H,30,34). The van der Waals surface area contributed by atoms with Crippen LogP contribution < -0.4 is 16.2 Å². The van der Waals surface area contributed by atoms with Crippen molar-refractivity contribution in [3.8, 4) is 0 Å². The third-order valence-electron chi connectivity index (χ3n) is 5.63. The van der Waals surface area contributed by atoms with Gasteiger partial charge in [-0.3, -0.25) is 19.0 Å². The van der Waals surface area contributed by atoms with E-state index in [1.54, 1.807) is 18.2 Å². The fourth-order valence-corrected chi connectivity index (χ4v) is 4.58. The Morgan fingerprint density at radius 2 is 1.47 bits per heavy atom. The smallest absolute Gasteiger partial charge is 0.262 e. The monoisotopic (exact) mass is 500 g/mol. The number of amides is 2. The molecule has 0 unspecified atom stereocenters. The van der Waals surface area contributed by atoms with Gasteiger partial charge in [0.15, 0.2) is 5.16 Å². The molecular weight excluding hydrogens is 472 g/mol. The fourth-order valence-electron chi connectivity index (χ4n) is 3.73. The summed E-state index contributed by atoms with van der Waals surface area (Å²) >= 11 is 1.19. The number of carbonyl (C=O) groups is 2. The van der Waals surface area contributed by atoms with E-state index in [0.717, 1.165) is 17.5 Å². The molecule has 1 heterocycles. The topological polar surface area (TPSA) is 93.1 Å². The molecular formula is C28H28N4O3S. The predicted molar refractivity (Wildman–Crippen MR) is 143 cm³/mol. The van der Waals surface area contributed by atoms with Crippen LogP contribution in [0.3, 0.4) is 0 Å². The van der Waals surface area contributed by atoms with Crippen molar-refractivity contribution in [3.63, 3.8) is 0 Å². The Morgan fingerprint density at radius 3 is 2.22 bits per heavy atom. The van der Waals surface area contributed by atoms with E-state index in [2.05, 4.69) is 15.6 Å². The van der Waals surface area contributed by atoms with Gasteiger partial charge in [-0.2, -0.15) is 0 Å². The van der Waals surface area contributed by atoms with Crippen LogP contribution in [0, 0.1) is 0 Å². The van der Waals surface area contributed by atoms with Gasteiger partial charge in [0.25, 0.3) is 5.56 Å². The van der Waals surface area contributed by atoms with Crippen molar-refractivity contribution in [1.29, 1.82) is 0 Å². The van der Waals surface area contributed by atoms with Gasteiger partial charge in [0.2, 0.25) is 11.8 Å². The first kappa shape index (κ1) is 25.2. The molecule has 2 amide bonds. The second kappa shape index (κ2) is 12.7. The van der Waals surface area contributed by atoms with E-state index in [0.29, 0.717) is 29.1 Å². The van der Waals surface area contributed by atoms with Crippen LogP contribution in [0.2, 0.25) is 0 Å². The molecule has 4 rings (SSSR count). The molecule has 0 fully saturated rings. The highest BCUT2D eigenvalue weighted by atomic mass is 32.2. The highest BCUT2D eigenvalue weighted by molar-refractivity contribution is 7.99. The first-order valence-electron chi connectivity index (χ1n) is 11.8. The quantitative estimate of drug-likeness (QED) is 0.243. The zero-order chi connectivity index (χ0) is 25.2. The molecule has 1 aromatic heterocycles. The number of thioether (sulfide) groups is 1. The summed E-state index contributed by atoms with van der Waals surface area (Å²) in [5.41, 5.74) is 2.51. The first-order chi connectivity index (χ1) is 17.6. The van der Waals surface area contributed by atoms with Gasteiger partial charge in [-0.1, -0.05) is 84.6 Å². The average molecular weight is 501 g/mol. The Morgan fingerprint density at radius 1 is 0.806 bits per heavy atom. The molecule has 0 aliphatic heterocycles. The van der Waals surface area contributed by atoms with Crippen molar-refractivity contribution in [2.45, 2.75) is 31.1 Å². The minimum Gasteiger partial charge on any atom is -0.356 e. The third-order valence-corrected chi connectivity index (χ3v) is 6.61.